The standard InChI is InChI=1S/C21H33N/c1-5-6-7-8-16-10-11-17-14-22-19-12-9-15(2)21(3,4)20(19)18(17)13-16/h10-11,13,15,17,19,22H,5-9,12,14H2,1-4H3. The second-order valence-corrected chi connectivity index (χ2v) is 8.17. The molecule has 0 amide bonds. The van der Waals surface area contributed by atoms with Crippen LogP contribution in [0.2, 0.25) is 0 Å². The molecule has 3 aliphatic rings. The lowest BCUT2D eigenvalue weighted by Crippen LogP contribution is -2.49. The highest BCUT2D eigenvalue weighted by Gasteiger charge is 2.43. The molecule has 1 nitrogen and oxygen atoms in total. The average Bonchev–Trinajstić information content (AvgIpc) is 2.50. The second kappa shape index (κ2) is 6.35. The zero-order valence-corrected chi connectivity index (χ0v) is 14.9. The number of allylic oxidation sites excluding steroid dienone is 3. The lowest BCUT2D eigenvalue weighted by Gasteiger charge is -2.49. The molecule has 1 fully saturated rings. The number of hydrogen-bond acceptors (Lipinski definition) is 1. The molecule has 2 aliphatic carbocycles. The van der Waals surface area contributed by atoms with Gasteiger partial charge in [0.2, 0.25) is 0 Å². The topological polar surface area (TPSA) is 12.0 Å². The van der Waals surface area contributed by atoms with E-state index in [1.807, 2.05) is 0 Å². The summed E-state index contributed by atoms with van der Waals surface area (Å²) in [5, 5.41) is 3.83. The van der Waals surface area contributed by atoms with E-state index in [1.54, 1.807) is 16.7 Å². The summed E-state index contributed by atoms with van der Waals surface area (Å²) < 4.78 is 0. The molecule has 0 saturated heterocycles. The van der Waals surface area contributed by atoms with Crippen LogP contribution >= 0.6 is 0 Å². The van der Waals surface area contributed by atoms with E-state index in [2.05, 4.69) is 51.2 Å². The van der Waals surface area contributed by atoms with Gasteiger partial charge in [-0.3, -0.25) is 0 Å². The summed E-state index contributed by atoms with van der Waals surface area (Å²) in [6.07, 6.45) is 15.3. The third-order valence-corrected chi connectivity index (χ3v) is 6.41. The molecule has 0 aromatic rings. The minimum Gasteiger partial charge on any atom is -0.309 e. The highest BCUT2D eigenvalue weighted by atomic mass is 14.9. The predicted molar refractivity (Wildman–Crippen MR) is 95.9 cm³/mol. The molecule has 1 N–H and O–H groups in total. The fourth-order valence-corrected chi connectivity index (χ4v) is 4.57. The maximum absolute atomic E-state index is 3.83. The Morgan fingerprint density at radius 3 is 2.82 bits per heavy atom. The Bertz CT molecular complexity index is 506. The van der Waals surface area contributed by atoms with Crippen molar-refractivity contribution in [1.82, 2.24) is 5.32 Å². The Morgan fingerprint density at radius 1 is 1.23 bits per heavy atom. The largest absolute Gasteiger partial charge is 0.309 e. The predicted octanol–water partition coefficient (Wildman–Crippen LogP) is 5.40. The molecule has 1 heterocycles. The summed E-state index contributed by atoms with van der Waals surface area (Å²) in [7, 11) is 0. The third-order valence-electron chi connectivity index (χ3n) is 6.41. The second-order valence-electron chi connectivity index (χ2n) is 8.17. The van der Waals surface area contributed by atoms with Crippen LogP contribution in [0.3, 0.4) is 0 Å². The highest BCUT2D eigenvalue weighted by Crippen LogP contribution is 2.49. The summed E-state index contributed by atoms with van der Waals surface area (Å²) in [5.74, 6) is 1.39. The Balaban J connectivity index is 1.93. The van der Waals surface area contributed by atoms with Crippen LogP contribution in [0, 0.1) is 17.3 Å². The molecule has 22 heavy (non-hydrogen) atoms. The number of fused-ring (bicyclic) bond motifs is 2. The van der Waals surface area contributed by atoms with Gasteiger partial charge in [0.15, 0.2) is 0 Å². The van der Waals surface area contributed by atoms with Crippen LogP contribution in [-0.2, 0) is 0 Å². The van der Waals surface area contributed by atoms with E-state index in [-0.39, 0.29) is 0 Å². The Labute approximate surface area is 137 Å². The number of nitrogens with one attached hydrogen (secondary N) is 1. The van der Waals surface area contributed by atoms with Gasteiger partial charge in [-0.25, -0.2) is 0 Å². The van der Waals surface area contributed by atoms with Crippen molar-refractivity contribution in [3.8, 4) is 0 Å². The Hall–Kier alpha value is -0.820. The van der Waals surface area contributed by atoms with Gasteiger partial charge in [-0.1, -0.05) is 58.8 Å². The SMILES string of the molecule is CCCCCC1=CC2=C3C(CCC(C)C3(C)C)NCC2C=C1. The number of rotatable bonds is 4. The molecule has 3 unspecified atom stereocenters. The van der Waals surface area contributed by atoms with Crippen LogP contribution in [-0.4, -0.2) is 12.6 Å². The summed E-state index contributed by atoms with van der Waals surface area (Å²) in [5.41, 5.74) is 5.27. The Morgan fingerprint density at radius 2 is 2.05 bits per heavy atom. The monoisotopic (exact) mass is 299 g/mol. The van der Waals surface area contributed by atoms with Gasteiger partial charge in [0.05, 0.1) is 0 Å². The van der Waals surface area contributed by atoms with Crippen molar-refractivity contribution < 1.29 is 0 Å². The van der Waals surface area contributed by atoms with Gasteiger partial charge in [0.1, 0.15) is 0 Å². The lowest BCUT2D eigenvalue weighted by molar-refractivity contribution is 0.187. The van der Waals surface area contributed by atoms with Crippen molar-refractivity contribution in [1.29, 1.82) is 0 Å². The van der Waals surface area contributed by atoms with Crippen LogP contribution in [0.4, 0.5) is 0 Å². The van der Waals surface area contributed by atoms with Crippen molar-refractivity contribution in [2.24, 2.45) is 17.3 Å². The van der Waals surface area contributed by atoms with E-state index in [0.717, 1.165) is 12.5 Å². The van der Waals surface area contributed by atoms with E-state index in [4.69, 9.17) is 0 Å². The summed E-state index contributed by atoms with van der Waals surface area (Å²) in [4.78, 5) is 0. The van der Waals surface area contributed by atoms with Crippen molar-refractivity contribution in [2.45, 2.75) is 72.3 Å². The van der Waals surface area contributed by atoms with Gasteiger partial charge < -0.3 is 5.32 Å². The van der Waals surface area contributed by atoms with Crippen LogP contribution < -0.4 is 5.32 Å². The van der Waals surface area contributed by atoms with Crippen molar-refractivity contribution in [2.75, 3.05) is 6.54 Å². The fourth-order valence-electron chi connectivity index (χ4n) is 4.57. The van der Waals surface area contributed by atoms with E-state index in [1.165, 1.54) is 38.5 Å². The first-order valence-corrected chi connectivity index (χ1v) is 9.40. The van der Waals surface area contributed by atoms with Gasteiger partial charge in [-0.15, -0.1) is 0 Å². The first-order chi connectivity index (χ1) is 10.5. The molecular weight excluding hydrogens is 266 g/mol. The molecule has 0 aromatic carbocycles. The smallest absolute Gasteiger partial charge is 0.0291 e. The normalized spacial score (nSPS) is 33.3. The van der Waals surface area contributed by atoms with E-state index in [0.29, 0.717) is 17.4 Å². The minimum atomic E-state index is 0.333. The molecule has 3 atom stereocenters. The minimum absolute atomic E-state index is 0.333. The van der Waals surface area contributed by atoms with E-state index < -0.39 is 0 Å². The molecule has 0 bridgehead atoms. The lowest BCUT2D eigenvalue weighted by atomic mass is 9.60. The van der Waals surface area contributed by atoms with E-state index >= 15 is 0 Å². The molecule has 1 heteroatoms. The fraction of sp³-hybridized carbons (Fsp3) is 0.714. The van der Waals surface area contributed by atoms with Gasteiger partial charge >= 0.3 is 0 Å². The molecule has 0 radical (unpaired) electrons. The van der Waals surface area contributed by atoms with Crippen LogP contribution in [0.5, 0.6) is 0 Å². The summed E-state index contributed by atoms with van der Waals surface area (Å²) in [6, 6.07) is 0.622. The number of unbranched alkanes of at least 4 members (excludes halogenated alkanes) is 2. The maximum Gasteiger partial charge on any atom is 0.0291 e. The maximum atomic E-state index is 3.83. The molecule has 0 aromatic heterocycles. The van der Waals surface area contributed by atoms with Crippen LogP contribution in [0.1, 0.15) is 66.2 Å². The zero-order chi connectivity index (χ0) is 15.7. The quantitative estimate of drug-likeness (QED) is 0.685. The van der Waals surface area contributed by atoms with Crippen LogP contribution in [0.25, 0.3) is 0 Å². The van der Waals surface area contributed by atoms with Crippen LogP contribution in [0.15, 0.2) is 34.9 Å². The molecule has 0 spiro atoms. The molecule has 1 aliphatic heterocycles. The summed E-state index contributed by atoms with van der Waals surface area (Å²) in [6.45, 7) is 10.8. The molecule has 3 rings (SSSR count). The highest BCUT2D eigenvalue weighted by molar-refractivity contribution is 5.47. The van der Waals surface area contributed by atoms with Gasteiger partial charge in [0, 0.05) is 18.5 Å². The zero-order valence-electron chi connectivity index (χ0n) is 14.9. The van der Waals surface area contributed by atoms with Gasteiger partial charge in [-0.05, 0) is 53.7 Å². The average molecular weight is 300 g/mol. The van der Waals surface area contributed by atoms with Crippen molar-refractivity contribution >= 4 is 0 Å². The Kier molecular flexibility index (Phi) is 4.64. The van der Waals surface area contributed by atoms with Gasteiger partial charge in [0.25, 0.3) is 0 Å². The van der Waals surface area contributed by atoms with Crippen molar-refractivity contribution in [3.63, 3.8) is 0 Å². The third kappa shape index (κ3) is 2.85. The molecule has 122 valence electrons. The summed E-state index contributed by atoms with van der Waals surface area (Å²) >= 11 is 0. The van der Waals surface area contributed by atoms with Gasteiger partial charge in [-0.2, -0.15) is 0 Å². The van der Waals surface area contributed by atoms with E-state index in [9.17, 15) is 0 Å². The molecule has 1 saturated carbocycles. The number of hydrogen-bond donors (Lipinski definition) is 1. The molecular formula is C21H33N. The van der Waals surface area contributed by atoms with Crippen molar-refractivity contribution in [3.05, 3.63) is 34.9 Å². The first-order valence-electron chi connectivity index (χ1n) is 9.40. The first kappa shape index (κ1) is 16.1.